The highest BCUT2D eigenvalue weighted by Crippen LogP contribution is 2.61. The molecule has 26 heavy (non-hydrogen) atoms. The molecule has 4 bridgehead atoms. The minimum absolute atomic E-state index is 0. The summed E-state index contributed by atoms with van der Waals surface area (Å²) in [6, 6.07) is 0. The zero-order valence-electron chi connectivity index (χ0n) is 18.4. The molecular weight excluding hydrogens is 363 g/mol. The van der Waals surface area contributed by atoms with Crippen molar-refractivity contribution in [3.8, 4) is 0 Å². The molecule has 0 unspecified atom stereocenters. The van der Waals surface area contributed by atoms with Crippen LogP contribution in [-0.4, -0.2) is 25.2 Å². The van der Waals surface area contributed by atoms with E-state index in [1.165, 1.54) is 38.5 Å². The number of halogens is 2. The Hall–Kier alpha value is 0.500. The quantitative estimate of drug-likeness (QED) is 0.615. The maximum absolute atomic E-state index is 3.56. The van der Waals surface area contributed by atoms with Crippen LogP contribution < -0.4 is 10.6 Å². The van der Waals surface area contributed by atoms with Crippen LogP contribution in [0.5, 0.6) is 0 Å². The maximum Gasteiger partial charge on any atom is 0.0232 e. The first-order valence-corrected chi connectivity index (χ1v) is 10.4. The van der Waals surface area contributed by atoms with E-state index in [1.807, 2.05) is 0 Å². The van der Waals surface area contributed by atoms with Crippen LogP contribution in [0.4, 0.5) is 0 Å². The van der Waals surface area contributed by atoms with Gasteiger partial charge in [-0.15, -0.1) is 24.8 Å². The SMILES string of the molecule is CN[C@@]1(C)[C@@H]2CC[C@@H](C2)C1(C)C.CN[C@]1(C)[C@H]2CC[C@H](C2)C1(C)C.Cl.Cl. The lowest BCUT2D eigenvalue weighted by Crippen LogP contribution is -2.55. The van der Waals surface area contributed by atoms with Gasteiger partial charge in [0.1, 0.15) is 0 Å². The summed E-state index contributed by atoms with van der Waals surface area (Å²) in [7, 11) is 4.25. The van der Waals surface area contributed by atoms with Gasteiger partial charge in [0.2, 0.25) is 0 Å². The molecule has 0 radical (unpaired) electrons. The summed E-state index contributed by atoms with van der Waals surface area (Å²) >= 11 is 0. The van der Waals surface area contributed by atoms with Gasteiger partial charge in [-0.3, -0.25) is 0 Å². The molecule has 0 heterocycles. The van der Waals surface area contributed by atoms with Crippen molar-refractivity contribution >= 4 is 24.8 Å². The monoisotopic (exact) mass is 406 g/mol. The number of nitrogens with one attached hydrogen (secondary N) is 2. The molecule has 4 aliphatic rings. The van der Waals surface area contributed by atoms with Crippen molar-refractivity contribution in [1.29, 1.82) is 0 Å². The summed E-state index contributed by atoms with van der Waals surface area (Å²) in [5.41, 5.74) is 1.81. The van der Waals surface area contributed by atoms with E-state index in [9.17, 15) is 0 Å². The van der Waals surface area contributed by atoms with Crippen molar-refractivity contribution in [2.75, 3.05) is 14.1 Å². The minimum atomic E-state index is 0. The fourth-order valence-corrected chi connectivity index (χ4v) is 7.28. The van der Waals surface area contributed by atoms with E-state index in [1.54, 1.807) is 0 Å². The van der Waals surface area contributed by atoms with Crippen LogP contribution in [0.25, 0.3) is 0 Å². The summed E-state index contributed by atoms with van der Waals surface area (Å²) in [6.45, 7) is 14.6. The van der Waals surface area contributed by atoms with Gasteiger partial charge in [0.25, 0.3) is 0 Å². The molecular formula is C22H44Cl2N2. The van der Waals surface area contributed by atoms with Gasteiger partial charge >= 0.3 is 0 Å². The Morgan fingerprint density at radius 3 is 0.962 bits per heavy atom. The average Bonchev–Trinajstić information content (AvgIpc) is 3.27. The Labute approximate surface area is 175 Å². The molecule has 0 aromatic rings. The first-order chi connectivity index (χ1) is 11.0. The van der Waals surface area contributed by atoms with Crippen molar-refractivity contribution < 1.29 is 0 Å². The summed E-state index contributed by atoms with van der Waals surface area (Å²) in [5, 5.41) is 7.12. The fraction of sp³-hybridized carbons (Fsp3) is 1.00. The van der Waals surface area contributed by atoms with Crippen LogP contribution in [0.3, 0.4) is 0 Å². The van der Waals surface area contributed by atoms with Gasteiger partial charge in [-0.25, -0.2) is 0 Å². The highest BCUT2D eigenvalue weighted by molar-refractivity contribution is 5.85. The van der Waals surface area contributed by atoms with Crippen molar-refractivity contribution in [3.63, 3.8) is 0 Å². The first kappa shape index (κ1) is 24.5. The molecule has 0 spiro atoms. The molecule has 156 valence electrons. The third-order valence-corrected chi connectivity index (χ3v) is 10.3. The van der Waals surface area contributed by atoms with E-state index in [2.05, 4.69) is 66.3 Å². The lowest BCUT2D eigenvalue weighted by molar-refractivity contribution is 0.0732. The van der Waals surface area contributed by atoms with E-state index < -0.39 is 0 Å². The van der Waals surface area contributed by atoms with Crippen LogP contribution >= 0.6 is 24.8 Å². The Bertz CT molecular complexity index is 449. The van der Waals surface area contributed by atoms with Crippen molar-refractivity contribution in [2.45, 2.75) is 91.1 Å². The zero-order chi connectivity index (χ0) is 18.0. The lowest BCUT2D eigenvalue weighted by atomic mass is 9.64. The predicted molar refractivity (Wildman–Crippen MR) is 119 cm³/mol. The number of rotatable bonds is 2. The van der Waals surface area contributed by atoms with E-state index in [0.29, 0.717) is 21.9 Å². The second kappa shape index (κ2) is 7.73. The molecule has 0 saturated heterocycles. The molecule has 0 amide bonds. The smallest absolute Gasteiger partial charge is 0.0232 e. The van der Waals surface area contributed by atoms with Gasteiger partial charge in [-0.05, 0) is 101 Å². The predicted octanol–water partition coefficient (Wildman–Crippen LogP) is 5.68. The molecule has 4 rings (SSSR count). The van der Waals surface area contributed by atoms with Crippen LogP contribution in [0.1, 0.15) is 80.1 Å². The molecule has 0 aromatic carbocycles. The normalized spacial score (nSPS) is 46.2. The second-order valence-electron chi connectivity index (χ2n) is 10.8. The van der Waals surface area contributed by atoms with Gasteiger partial charge in [0.15, 0.2) is 0 Å². The number of hydrogen-bond acceptors (Lipinski definition) is 2. The largest absolute Gasteiger partial charge is 0.314 e. The molecule has 0 aromatic heterocycles. The maximum atomic E-state index is 3.56. The summed E-state index contributed by atoms with van der Waals surface area (Å²) in [5.74, 6) is 3.81. The molecule has 2 N–H and O–H groups in total. The Morgan fingerprint density at radius 2 is 0.808 bits per heavy atom. The Kier molecular flexibility index (Phi) is 7.29. The van der Waals surface area contributed by atoms with E-state index in [-0.39, 0.29) is 24.8 Å². The molecule has 0 aliphatic heterocycles. The topological polar surface area (TPSA) is 24.1 Å². The first-order valence-electron chi connectivity index (χ1n) is 10.4. The van der Waals surface area contributed by atoms with Gasteiger partial charge in [-0.1, -0.05) is 27.7 Å². The van der Waals surface area contributed by atoms with E-state index in [4.69, 9.17) is 0 Å². The summed E-state index contributed by atoms with van der Waals surface area (Å²) in [4.78, 5) is 0. The molecule has 6 atom stereocenters. The van der Waals surface area contributed by atoms with Crippen LogP contribution in [0.15, 0.2) is 0 Å². The molecule has 4 aliphatic carbocycles. The van der Waals surface area contributed by atoms with Crippen LogP contribution in [0, 0.1) is 34.5 Å². The van der Waals surface area contributed by atoms with Gasteiger partial charge < -0.3 is 10.6 Å². The van der Waals surface area contributed by atoms with Gasteiger partial charge in [-0.2, -0.15) is 0 Å². The lowest BCUT2D eigenvalue weighted by Gasteiger charge is -2.47. The fourth-order valence-electron chi connectivity index (χ4n) is 7.28. The highest BCUT2D eigenvalue weighted by atomic mass is 35.5. The van der Waals surface area contributed by atoms with Crippen molar-refractivity contribution in [1.82, 2.24) is 10.6 Å². The molecule has 4 fully saturated rings. The summed E-state index contributed by atoms with van der Waals surface area (Å²) < 4.78 is 0. The molecule has 4 heteroatoms. The van der Waals surface area contributed by atoms with E-state index in [0.717, 1.165) is 23.7 Å². The third kappa shape index (κ3) is 3.06. The van der Waals surface area contributed by atoms with Gasteiger partial charge in [0.05, 0.1) is 0 Å². The zero-order valence-corrected chi connectivity index (χ0v) is 20.0. The molecule has 2 nitrogen and oxygen atoms in total. The Balaban J connectivity index is 0.000000241. The highest BCUT2D eigenvalue weighted by Gasteiger charge is 2.60. The average molecular weight is 408 g/mol. The third-order valence-electron chi connectivity index (χ3n) is 10.3. The van der Waals surface area contributed by atoms with E-state index >= 15 is 0 Å². The number of fused-ring (bicyclic) bond motifs is 4. The Morgan fingerprint density at radius 1 is 0.538 bits per heavy atom. The van der Waals surface area contributed by atoms with Crippen LogP contribution in [0.2, 0.25) is 0 Å². The minimum Gasteiger partial charge on any atom is -0.314 e. The van der Waals surface area contributed by atoms with Crippen molar-refractivity contribution in [3.05, 3.63) is 0 Å². The van der Waals surface area contributed by atoms with Gasteiger partial charge in [0, 0.05) is 11.1 Å². The molecule has 4 saturated carbocycles. The second-order valence-corrected chi connectivity index (χ2v) is 10.8. The van der Waals surface area contributed by atoms with Crippen LogP contribution in [-0.2, 0) is 0 Å². The summed E-state index contributed by atoms with van der Waals surface area (Å²) in [6.07, 6.45) is 8.76. The number of hydrogen-bond donors (Lipinski definition) is 2. The standard InChI is InChI=1S/2C11H21N.2ClH/c2*1-10(2)8-5-6-9(7-8)11(10,3)12-4;;/h2*8-9,12H,5-7H2,1-4H3;2*1H/t2*8-,9+,11-;;/m10../s1. The van der Waals surface area contributed by atoms with Crippen molar-refractivity contribution in [2.24, 2.45) is 34.5 Å².